The van der Waals surface area contributed by atoms with Crippen LogP contribution in [-0.2, 0) is 16.0 Å². The number of carbonyl (C=O) groups excluding carboxylic acids is 2. The Morgan fingerprint density at radius 3 is 2.37 bits per heavy atom. The van der Waals surface area contributed by atoms with Gasteiger partial charge < -0.3 is 5.11 Å². The van der Waals surface area contributed by atoms with Gasteiger partial charge in [0.25, 0.3) is 0 Å². The summed E-state index contributed by atoms with van der Waals surface area (Å²) in [4.78, 5) is 25.5. The number of aryl methyl sites for hydroxylation is 1. The Labute approximate surface area is 163 Å². The molecule has 2 aromatic carbocycles. The number of ketones is 2. The number of allylic oxidation sites excluding steroid dienone is 2. The van der Waals surface area contributed by atoms with Crippen molar-refractivity contribution < 1.29 is 14.7 Å². The SMILES string of the molecule is CCc1ccc(-c2ccc(Cl)cc2)cc1C1=C(O)C2CCCC(C1=O)C2=O. The van der Waals surface area contributed by atoms with Crippen LogP contribution in [0.5, 0.6) is 0 Å². The summed E-state index contributed by atoms with van der Waals surface area (Å²) in [5.41, 5.74) is 4.03. The predicted molar refractivity (Wildman–Crippen MR) is 107 cm³/mol. The Bertz CT molecular complexity index is 956. The molecule has 1 N–H and O–H groups in total. The number of halogens is 1. The molecule has 2 bridgehead atoms. The summed E-state index contributed by atoms with van der Waals surface area (Å²) in [5, 5.41) is 11.5. The molecular formula is C23H21ClO3. The zero-order valence-electron chi connectivity index (χ0n) is 15.2. The van der Waals surface area contributed by atoms with E-state index in [0.29, 0.717) is 23.4 Å². The lowest BCUT2D eigenvalue weighted by atomic mass is 9.68. The number of rotatable bonds is 3. The molecule has 0 saturated heterocycles. The highest BCUT2D eigenvalue weighted by atomic mass is 35.5. The predicted octanol–water partition coefficient (Wildman–Crippen LogP) is 5.41. The molecule has 2 aromatic rings. The van der Waals surface area contributed by atoms with Gasteiger partial charge >= 0.3 is 0 Å². The van der Waals surface area contributed by atoms with E-state index in [9.17, 15) is 14.7 Å². The third-order valence-corrected chi connectivity index (χ3v) is 6.01. The first-order chi connectivity index (χ1) is 13.0. The van der Waals surface area contributed by atoms with Crippen molar-refractivity contribution in [1.29, 1.82) is 0 Å². The molecule has 0 spiro atoms. The molecule has 138 valence electrons. The van der Waals surface area contributed by atoms with Crippen molar-refractivity contribution >= 4 is 28.7 Å². The van der Waals surface area contributed by atoms with Crippen LogP contribution in [0.15, 0.2) is 48.2 Å². The van der Waals surface area contributed by atoms with Gasteiger partial charge in [-0.2, -0.15) is 0 Å². The second kappa shape index (κ2) is 6.97. The van der Waals surface area contributed by atoms with Crippen molar-refractivity contribution in [3.8, 4) is 11.1 Å². The Balaban J connectivity index is 1.88. The Hall–Kier alpha value is -2.39. The Kier molecular flexibility index (Phi) is 4.65. The van der Waals surface area contributed by atoms with E-state index in [1.54, 1.807) is 0 Å². The van der Waals surface area contributed by atoms with Gasteiger partial charge in [-0.25, -0.2) is 0 Å². The summed E-state index contributed by atoms with van der Waals surface area (Å²) in [7, 11) is 0. The lowest BCUT2D eigenvalue weighted by molar-refractivity contribution is -0.136. The number of benzene rings is 2. The fourth-order valence-electron chi connectivity index (χ4n) is 4.27. The highest BCUT2D eigenvalue weighted by molar-refractivity contribution is 6.31. The van der Waals surface area contributed by atoms with Gasteiger partial charge in [0, 0.05) is 5.02 Å². The molecule has 27 heavy (non-hydrogen) atoms. The number of Topliss-reactive ketones (excluding diaryl/α,β-unsaturated/α-hetero) is 2. The van der Waals surface area contributed by atoms with Gasteiger partial charge in [0.05, 0.1) is 17.4 Å². The third kappa shape index (κ3) is 3.00. The number of aliphatic hydroxyl groups excluding tert-OH is 1. The van der Waals surface area contributed by atoms with Crippen molar-refractivity contribution in [1.82, 2.24) is 0 Å². The lowest BCUT2D eigenvalue weighted by Crippen LogP contribution is -2.40. The van der Waals surface area contributed by atoms with Crippen molar-refractivity contribution in [3.05, 3.63) is 64.4 Å². The van der Waals surface area contributed by atoms with Crippen LogP contribution in [0.25, 0.3) is 16.7 Å². The molecular weight excluding hydrogens is 360 g/mol. The van der Waals surface area contributed by atoms with Gasteiger partial charge in [0.1, 0.15) is 5.76 Å². The number of fused-ring (bicyclic) bond motifs is 2. The molecule has 3 nitrogen and oxygen atoms in total. The summed E-state index contributed by atoms with van der Waals surface area (Å²) in [6, 6.07) is 13.5. The van der Waals surface area contributed by atoms with E-state index in [1.807, 2.05) is 49.4 Å². The van der Waals surface area contributed by atoms with Crippen LogP contribution in [0.2, 0.25) is 5.02 Å². The first-order valence-corrected chi connectivity index (χ1v) is 9.79. The molecule has 0 aromatic heterocycles. The maximum atomic E-state index is 13.1. The van der Waals surface area contributed by atoms with Crippen LogP contribution in [0.4, 0.5) is 0 Å². The van der Waals surface area contributed by atoms with Crippen LogP contribution in [0.1, 0.15) is 37.3 Å². The molecule has 1 fully saturated rings. The van der Waals surface area contributed by atoms with E-state index >= 15 is 0 Å². The first kappa shape index (κ1) is 18.0. The topological polar surface area (TPSA) is 54.4 Å². The van der Waals surface area contributed by atoms with E-state index in [0.717, 1.165) is 35.1 Å². The maximum absolute atomic E-state index is 13.1. The van der Waals surface area contributed by atoms with Crippen LogP contribution >= 0.6 is 11.6 Å². The van der Waals surface area contributed by atoms with Gasteiger partial charge in [-0.3, -0.25) is 9.59 Å². The third-order valence-electron chi connectivity index (χ3n) is 5.76. The molecule has 2 unspecified atom stereocenters. The van der Waals surface area contributed by atoms with Crippen LogP contribution in [0.3, 0.4) is 0 Å². The number of hydrogen-bond acceptors (Lipinski definition) is 3. The highest BCUT2D eigenvalue weighted by Gasteiger charge is 2.45. The normalized spacial score (nSPS) is 22.3. The van der Waals surface area contributed by atoms with E-state index < -0.39 is 11.8 Å². The maximum Gasteiger partial charge on any atom is 0.177 e. The summed E-state index contributed by atoms with van der Waals surface area (Å²) in [6.45, 7) is 2.03. The monoisotopic (exact) mass is 380 g/mol. The molecule has 2 atom stereocenters. The first-order valence-electron chi connectivity index (χ1n) is 9.41. The molecule has 0 aliphatic heterocycles. The number of hydrogen-bond donors (Lipinski definition) is 1. The van der Waals surface area contributed by atoms with Gasteiger partial charge in [-0.15, -0.1) is 0 Å². The fourth-order valence-corrected chi connectivity index (χ4v) is 4.40. The van der Waals surface area contributed by atoms with Gasteiger partial charge in [0.2, 0.25) is 0 Å². The van der Waals surface area contributed by atoms with E-state index in [4.69, 9.17) is 11.6 Å². The number of aliphatic hydroxyl groups is 1. The average molecular weight is 381 g/mol. The quantitative estimate of drug-likeness (QED) is 0.724. The summed E-state index contributed by atoms with van der Waals surface area (Å²) >= 11 is 5.99. The largest absolute Gasteiger partial charge is 0.511 e. The van der Waals surface area contributed by atoms with Crippen LogP contribution in [0, 0.1) is 11.8 Å². The summed E-state index contributed by atoms with van der Waals surface area (Å²) in [6.07, 6.45) is 2.75. The van der Waals surface area contributed by atoms with Crippen LogP contribution in [-0.4, -0.2) is 16.7 Å². The smallest absolute Gasteiger partial charge is 0.177 e. The van der Waals surface area contributed by atoms with Crippen molar-refractivity contribution in [2.75, 3.05) is 0 Å². The second-order valence-electron chi connectivity index (χ2n) is 7.30. The molecule has 0 heterocycles. The van der Waals surface area contributed by atoms with Crippen molar-refractivity contribution in [2.45, 2.75) is 32.6 Å². The van der Waals surface area contributed by atoms with Crippen molar-refractivity contribution in [3.63, 3.8) is 0 Å². The molecule has 2 aliphatic rings. The minimum absolute atomic E-state index is 0.0380. The second-order valence-corrected chi connectivity index (χ2v) is 7.73. The standard InChI is InChI=1S/C23H21ClO3/c1-2-13-6-7-15(14-8-10-16(24)11-9-14)12-19(13)20-22(26)17-4-3-5-18(21(17)25)23(20)27/h6-12,17-18,26H,2-5H2,1H3. The minimum Gasteiger partial charge on any atom is -0.511 e. The van der Waals surface area contributed by atoms with Gasteiger partial charge in [0.15, 0.2) is 11.6 Å². The molecule has 4 rings (SSSR count). The van der Waals surface area contributed by atoms with Crippen LogP contribution < -0.4 is 0 Å². The minimum atomic E-state index is -0.599. The van der Waals surface area contributed by atoms with E-state index in [-0.39, 0.29) is 17.3 Å². The molecule has 1 saturated carbocycles. The number of carbonyl (C=O) groups is 2. The highest BCUT2D eigenvalue weighted by Crippen LogP contribution is 2.42. The zero-order chi connectivity index (χ0) is 19.1. The molecule has 4 heteroatoms. The summed E-state index contributed by atoms with van der Waals surface area (Å²) in [5.74, 6) is -1.50. The van der Waals surface area contributed by atoms with Gasteiger partial charge in [-0.05, 0) is 59.7 Å². The molecule has 0 amide bonds. The van der Waals surface area contributed by atoms with E-state index in [1.165, 1.54) is 0 Å². The Morgan fingerprint density at radius 2 is 1.67 bits per heavy atom. The zero-order valence-corrected chi connectivity index (χ0v) is 15.9. The Morgan fingerprint density at radius 1 is 1.00 bits per heavy atom. The molecule has 0 radical (unpaired) electrons. The van der Waals surface area contributed by atoms with E-state index in [2.05, 4.69) is 0 Å². The van der Waals surface area contributed by atoms with Crippen molar-refractivity contribution in [2.24, 2.45) is 11.8 Å². The average Bonchev–Trinajstić information content (AvgIpc) is 2.67. The molecule has 2 aliphatic carbocycles. The summed E-state index contributed by atoms with van der Waals surface area (Å²) < 4.78 is 0. The fraction of sp³-hybridized carbons (Fsp3) is 0.304. The lowest BCUT2D eigenvalue weighted by Gasteiger charge is -2.33. The van der Waals surface area contributed by atoms with Gasteiger partial charge in [-0.1, -0.05) is 49.2 Å².